The Kier molecular flexibility index (Phi) is 11.8. The molecule has 3 rings (SSSR count). The van der Waals surface area contributed by atoms with Gasteiger partial charge in [-0.25, -0.2) is 8.42 Å². The number of anilines is 1. The van der Waals surface area contributed by atoms with Crippen molar-refractivity contribution in [3.8, 4) is 17.2 Å². The van der Waals surface area contributed by atoms with Crippen molar-refractivity contribution in [3.05, 3.63) is 83.9 Å². The number of nitrogens with zero attached hydrogens (tertiary/aromatic N) is 2. The van der Waals surface area contributed by atoms with Crippen molar-refractivity contribution in [2.24, 2.45) is 0 Å². The highest BCUT2D eigenvalue weighted by Crippen LogP contribution is 2.34. The van der Waals surface area contributed by atoms with Crippen molar-refractivity contribution in [2.45, 2.75) is 45.3 Å². The lowest BCUT2D eigenvalue weighted by atomic mass is 10.0. The molecule has 0 bridgehead atoms. The van der Waals surface area contributed by atoms with E-state index in [1.165, 1.54) is 25.2 Å². The van der Waals surface area contributed by atoms with E-state index in [1.807, 2.05) is 50.2 Å². The molecule has 0 saturated heterocycles. The van der Waals surface area contributed by atoms with Crippen LogP contribution in [-0.4, -0.2) is 71.3 Å². The van der Waals surface area contributed by atoms with E-state index in [0.29, 0.717) is 23.5 Å². The van der Waals surface area contributed by atoms with Crippen molar-refractivity contribution < 1.29 is 32.2 Å². The minimum absolute atomic E-state index is 0.0360. The van der Waals surface area contributed by atoms with Gasteiger partial charge in [-0.05, 0) is 48.7 Å². The molecule has 0 aliphatic rings. The molecule has 0 saturated carbocycles. The van der Waals surface area contributed by atoms with Gasteiger partial charge >= 0.3 is 0 Å². The standard InChI is InChI=1S/C32H41N3O7S/c1-7-23(2)33-32(37)29(19-24-12-9-8-10-13-24)34(21-25-14-11-15-26(18-25)40-3)31(36)22-35(43(6,38)39)28-20-27(41-4)16-17-30(28)42-5/h8-18,20,23,29H,7,19,21-22H2,1-6H3,(H,33,37)/t23-,29+/m0/s1. The zero-order valence-electron chi connectivity index (χ0n) is 25.6. The third-order valence-electron chi connectivity index (χ3n) is 7.09. The Morgan fingerprint density at radius 3 is 2.12 bits per heavy atom. The van der Waals surface area contributed by atoms with Gasteiger partial charge in [-0.3, -0.25) is 13.9 Å². The summed E-state index contributed by atoms with van der Waals surface area (Å²) in [6.45, 7) is 3.32. The Bertz CT molecular complexity index is 1480. The Labute approximate surface area is 254 Å². The number of benzene rings is 3. The number of methoxy groups -OCH3 is 3. The van der Waals surface area contributed by atoms with Crippen molar-refractivity contribution >= 4 is 27.5 Å². The molecule has 0 aliphatic heterocycles. The maximum Gasteiger partial charge on any atom is 0.244 e. The first-order chi connectivity index (χ1) is 20.5. The lowest BCUT2D eigenvalue weighted by Gasteiger charge is -2.34. The lowest BCUT2D eigenvalue weighted by molar-refractivity contribution is -0.140. The number of hydrogen-bond acceptors (Lipinski definition) is 7. The van der Waals surface area contributed by atoms with Crippen molar-refractivity contribution in [3.63, 3.8) is 0 Å². The van der Waals surface area contributed by atoms with E-state index in [-0.39, 0.29) is 36.4 Å². The van der Waals surface area contributed by atoms with Crippen LogP contribution >= 0.6 is 0 Å². The molecule has 0 radical (unpaired) electrons. The Morgan fingerprint density at radius 2 is 1.51 bits per heavy atom. The number of sulfonamides is 1. The zero-order chi connectivity index (χ0) is 31.6. The normalized spacial score (nSPS) is 12.5. The Hall–Kier alpha value is -4.25. The van der Waals surface area contributed by atoms with Gasteiger partial charge in [-0.15, -0.1) is 0 Å². The Balaban J connectivity index is 2.13. The van der Waals surface area contributed by atoms with E-state index >= 15 is 0 Å². The van der Waals surface area contributed by atoms with Gasteiger partial charge in [0.25, 0.3) is 0 Å². The van der Waals surface area contributed by atoms with Gasteiger partial charge in [0.1, 0.15) is 29.8 Å². The lowest BCUT2D eigenvalue weighted by Crippen LogP contribution is -2.54. The molecule has 232 valence electrons. The molecule has 0 aromatic heterocycles. The molecule has 0 aliphatic carbocycles. The molecule has 0 spiro atoms. The highest BCUT2D eigenvalue weighted by atomic mass is 32.2. The number of carbonyl (C=O) groups is 2. The van der Waals surface area contributed by atoms with Crippen LogP contribution in [0.3, 0.4) is 0 Å². The smallest absolute Gasteiger partial charge is 0.244 e. The number of hydrogen-bond donors (Lipinski definition) is 1. The number of rotatable bonds is 15. The maximum absolute atomic E-state index is 14.3. The van der Waals surface area contributed by atoms with Crippen LogP contribution in [0.5, 0.6) is 17.2 Å². The molecular formula is C32H41N3O7S. The third kappa shape index (κ3) is 9.12. The van der Waals surface area contributed by atoms with Gasteiger partial charge in [0.2, 0.25) is 21.8 Å². The summed E-state index contributed by atoms with van der Waals surface area (Å²) in [4.78, 5) is 29.6. The van der Waals surface area contributed by atoms with Crippen LogP contribution in [0.15, 0.2) is 72.8 Å². The van der Waals surface area contributed by atoms with Crippen LogP contribution in [0.25, 0.3) is 0 Å². The second-order valence-electron chi connectivity index (χ2n) is 10.2. The van der Waals surface area contributed by atoms with Gasteiger partial charge < -0.3 is 24.4 Å². The molecule has 2 amide bonds. The first-order valence-electron chi connectivity index (χ1n) is 14.0. The average molecular weight is 612 g/mol. The van der Waals surface area contributed by atoms with Crippen LogP contribution in [0.2, 0.25) is 0 Å². The quantitative estimate of drug-likeness (QED) is 0.276. The number of ether oxygens (including phenoxy) is 3. The molecule has 10 nitrogen and oxygen atoms in total. The van der Waals surface area contributed by atoms with E-state index < -0.39 is 28.5 Å². The predicted octanol–water partition coefficient (Wildman–Crippen LogP) is 4.03. The van der Waals surface area contributed by atoms with Gasteiger partial charge in [-0.1, -0.05) is 49.4 Å². The summed E-state index contributed by atoms with van der Waals surface area (Å²) in [6.07, 6.45) is 1.94. The molecule has 1 N–H and O–H groups in total. The first kappa shape index (κ1) is 33.3. The largest absolute Gasteiger partial charge is 0.497 e. The second-order valence-corrected chi connectivity index (χ2v) is 12.1. The average Bonchev–Trinajstić information content (AvgIpc) is 3.00. The van der Waals surface area contributed by atoms with Crippen LogP contribution in [0.4, 0.5) is 5.69 Å². The van der Waals surface area contributed by atoms with Gasteiger partial charge in [-0.2, -0.15) is 0 Å². The topological polar surface area (TPSA) is 114 Å². The molecule has 43 heavy (non-hydrogen) atoms. The summed E-state index contributed by atoms with van der Waals surface area (Å²) in [5.41, 5.74) is 1.71. The van der Waals surface area contributed by atoms with E-state index in [1.54, 1.807) is 37.4 Å². The minimum Gasteiger partial charge on any atom is -0.497 e. The van der Waals surface area contributed by atoms with Crippen molar-refractivity contribution in [2.75, 3.05) is 38.4 Å². The first-order valence-corrected chi connectivity index (χ1v) is 15.8. The predicted molar refractivity (Wildman–Crippen MR) is 167 cm³/mol. The van der Waals surface area contributed by atoms with E-state index in [4.69, 9.17) is 14.2 Å². The highest BCUT2D eigenvalue weighted by Gasteiger charge is 2.34. The fourth-order valence-corrected chi connectivity index (χ4v) is 5.39. The molecule has 0 heterocycles. The summed E-state index contributed by atoms with van der Waals surface area (Å²) in [5, 5.41) is 3.02. The van der Waals surface area contributed by atoms with E-state index in [2.05, 4.69) is 5.32 Å². The van der Waals surface area contributed by atoms with E-state index in [0.717, 1.165) is 16.1 Å². The molecule has 3 aromatic carbocycles. The van der Waals surface area contributed by atoms with Crippen LogP contribution in [0, 0.1) is 0 Å². The SMILES string of the molecule is CC[C@H](C)NC(=O)[C@@H](Cc1ccccc1)N(Cc1cccc(OC)c1)C(=O)CN(c1cc(OC)ccc1OC)S(C)(=O)=O. The fourth-order valence-electron chi connectivity index (χ4n) is 4.55. The van der Waals surface area contributed by atoms with Gasteiger partial charge in [0.05, 0.1) is 33.3 Å². The minimum atomic E-state index is -3.99. The molecule has 0 fully saturated rings. The van der Waals surface area contributed by atoms with Gasteiger partial charge in [0, 0.05) is 25.1 Å². The molecule has 0 unspecified atom stereocenters. The third-order valence-corrected chi connectivity index (χ3v) is 8.22. The summed E-state index contributed by atoms with van der Waals surface area (Å²) in [5.74, 6) is 0.318. The molecule has 2 atom stereocenters. The monoisotopic (exact) mass is 611 g/mol. The summed E-state index contributed by atoms with van der Waals surface area (Å²) < 4.78 is 43.4. The van der Waals surface area contributed by atoms with Crippen LogP contribution < -0.4 is 23.8 Å². The zero-order valence-corrected chi connectivity index (χ0v) is 26.4. The van der Waals surface area contributed by atoms with Gasteiger partial charge in [0.15, 0.2) is 0 Å². The fraction of sp³-hybridized carbons (Fsp3) is 0.375. The maximum atomic E-state index is 14.3. The van der Waals surface area contributed by atoms with E-state index in [9.17, 15) is 18.0 Å². The number of carbonyl (C=O) groups excluding carboxylic acids is 2. The second kappa shape index (κ2) is 15.3. The van der Waals surface area contributed by atoms with Crippen molar-refractivity contribution in [1.29, 1.82) is 0 Å². The summed E-state index contributed by atoms with van der Waals surface area (Å²) in [6, 6.07) is 20.2. The highest BCUT2D eigenvalue weighted by molar-refractivity contribution is 7.92. The molecule has 3 aromatic rings. The number of amides is 2. The van der Waals surface area contributed by atoms with Crippen LogP contribution in [0.1, 0.15) is 31.4 Å². The Morgan fingerprint density at radius 1 is 0.860 bits per heavy atom. The molecular weight excluding hydrogens is 570 g/mol. The van der Waals surface area contributed by atoms with Crippen LogP contribution in [-0.2, 0) is 32.6 Å². The number of nitrogens with one attached hydrogen (secondary N) is 1. The van der Waals surface area contributed by atoms with Crippen molar-refractivity contribution in [1.82, 2.24) is 10.2 Å². The summed E-state index contributed by atoms with van der Waals surface area (Å²) >= 11 is 0. The summed E-state index contributed by atoms with van der Waals surface area (Å²) in [7, 11) is 0.436. The molecule has 11 heteroatoms.